The molecule has 1 fully saturated rings. The summed E-state index contributed by atoms with van der Waals surface area (Å²) < 4.78 is 12.4. The van der Waals surface area contributed by atoms with E-state index in [2.05, 4.69) is 34.1 Å². The van der Waals surface area contributed by atoms with Gasteiger partial charge in [-0.05, 0) is 79.9 Å². The van der Waals surface area contributed by atoms with Gasteiger partial charge in [-0.3, -0.25) is 14.5 Å². The molecule has 192 valence electrons. The van der Waals surface area contributed by atoms with Crippen molar-refractivity contribution in [2.24, 2.45) is 0 Å². The molecule has 2 amide bonds. The third kappa shape index (κ3) is 5.43. The quantitative estimate of drug-likeness (QED) is 0.192. The SMILES string of the molecule is COc1cc(/C=C2/SC(=O)N(Cc3c(Cl)cccc3Cl)C2=O)cc(Br)c1OCc1cccc2ccccc12. The second-order valence-corrected chi connectivity index (χ2v) is 11.1. The number of hydrogen-bond acceptors (Lipinski definition) is 5. The minimum Gasteiger partial charge on any atom is -0.493 e. The van der Waals surface area contributed by atoms with Gasteiger partial charge in [0, 0.05) is 15.6 Å². The predicted octanol–water partition coefficient (Wildman–Crippen LogP) is 8.73. The van der Waals surface area contributed by atoms with Gasteiger partial charge in [-0.1, -0.05) is 71.7 Å². The first-order valence-corrected chi connectivity index (χ1v) is 13.9. The fourth-order valence-electron chi connectivity index (χ4n) is 4.16. The number of imide groups is 1. The summed E-state index contributed by atoms with van der Waals surface area (Å²) in [5.74, 6) is 0.620. The van der Waals surface area contributed by atoms with Crippen LogP contribution in [-0.2, 0) is 17.9 Å². The number of halogens is 3. The second kappa shape index (κ2) is 11.4. The van der Waals surface area contributed by atoms with Crippen LogP contribution in [-0.4, -0.2) is 23.2 Å². The van der Waals surface area contributed by atoms with Crippen LogP contribution < -0.4 is 9.47 Å². The largest absolute Gasteiger partial charge is 0.493 e. The van der Waals surface area contributed by atoms with Crippen molar-refractivity contribution >= 4 is 78.9 Å². The average Bonchev–Trinajstić information content (AvgIpc) is 3.17. The molecular formula is C29H20BrCl2NO4S. The molecule has 1 aliphatic heterocycles. The van der Waals surface area contributed by atoms with E-state index >= 15 is 0 Å². The highest BCUT2D eigenvalue weighted by Gasteiger charge is 2.35. The molecule has 0 aliphatic carbocycles. The van der Waals surface area contributed by atoms with Crippen LogP contribution in [0.25, 0.3) is 16.8 Å². The first kappa shape index (κ1) is 26.6. The minimum absolute atomic E-state index is 0.00548. The monoisotopic (exact) mass is 627 g/mol. The Balaban J connectivity index is 1.37. The molecule has 0 saturated carbocycles. The van der Waals surface area contributed by atoms with E-state index in [1.807, 2.05) is 30.3 Å². The fraction of sp³-hybridized carbons (Fsp3) is 0.103. The number of thioether (sulfide) groups is 1. The van der Waals surface area contributed by atoms with Gasteiger partial charge in [0.25, 0.3) is 11.1 Å². The molecule has 5 rings (SSSR count). The van der Waals surface area contributed by atoms with E-state index in [-0.39, 0.29) is 11.4 Å². The van der Waals surface area contributed by atoms with Crippen LogP contribution in [0.3, 0.4) is 0 Å². The molecule has 5 nitrogen and oxygen atoms in total. The zero-order valence-electron chi connectivity index (χ0n) is 20.0. The van der Waals surface area contributed by atoms with Crippen LogP contribution in [0.2, 0.25) is 10.0 Å². The number of fused-ring (bicyclic) bond motifs is 1. The van der Waals surface area contributed by atoms with Gasteiger partial charge in [0.05, 0.1) is 23.0 Å². The number of benzene rings is 4. The normalized spacial score (nSPS) is 14.5. The highest BCUT2D eigenvalue weighted by Crippen LogP contribution is 2.40. The van der Waals surface area contributed by atoms with Crippen LogP contribution in [0.1, 0.15) is 16.7 Å². The van der Waals surface area contributed by atoms with Crippen LogP contribution in [0.4, 0.5) is 4.79 Å². The molecule has 9 heteroatoms. The molecule has 0 bridgehead atoms. The summed E-state index contributed by atoms with van der Waals surface area (Å²) in [6.45, 7) is 0.341. The predicted molar refractivity (Wildman–Crippen MR) is 157 cm³/mol. The standard InChI is InChI=1S/C29H20BrCl2NO4S/c1-36-25-13-17(12-22(30)27(25)37-16-19-8-4-7-18-6-2-3-9-20(18)19)14-26-28(34)33(29(35)38-26)15-21-23(31)10-5-11-24(21)32/h2-14H,15-16H2,1H3/b26-14+. The van der Waals surface area contributed by atoms with Gasteiger partial charge in [0.15, 0.2) is 11.5 Å². The van der Waals surface area contributed by atoms with Crippen molar-refractivity contribution in [2.45, 2.75) is 13.2 Å². The second-order valence-electron chi connectivity index (χ2n) is 8.43. The van der Waals surface area contributed by atoms with Crippen LogP contribution >= 0.6 is 50.9 Å². The van der Waals surface area contributed by atoms with Crippen molar-refractivity contribution in [2.75, 3.05) is 7.11 Å². The summed E-state index contributed by atoms with van der Waals surface area (Å²) >= 11 is 16.9. The lowest BCUT2D eigenvalue weighted by molar-refractivity contribution is -0.123. The Bertz CT molecular complexity index is 1580. The molecule has 0 N–H and O–H groups in total. The van der Waals surface area contributed by atoms with E-state index in [9.17, 15) is 9.59 Å². The Labute approximate surface area is 242 Å². The molecule has 0 spiro atoms. The van der Waals surface area contributed by atoms with E-state index in [0.717, 1.165) is 33.0 Å². The summed E-state index contributed by atoms with van der Waals surface area (Å²) in [5.41, 5.74) is 2.25. The summed E-state index contributed by atoms with van der Waals surface area (Å²) in [5, 5.41) is 2.66. The Morgan fingerprint density at radius 3 is 2.45 bits per heavy atom. The van der Waals surface area contributed by atoms with Gasteiger partial charge in [-0.2, -0.15) is 0 Å². The van der Waals surface area contributed by atoms with E-state index in [1.54, 1.807) is 37.5 Å². The number of hydrogen-bond donors (Lipinski definition) is 0. The van der Waals surface area contributed by atoms with Crippen molar-refractivity contribution < 1.29 is 19.1 Å². The van der Waals surface area contributed by atoms with Crippen molar-refractivity contribution in [1.82, 2.24) is 4.90 Å². The zero-order chi connectivity index (χ0) is 26.8. The van der Waals surface area contributed by atoms with Crippen molar-refractivity contribution in [1.29, 1.82) is 0 Å². The first-order valence-electron chi connectivity index (χ1n) is 11.5. The average molecular weight is 629 g/mol. The Morgan fingerprint density at radius 1 is 0.974 bits per heavy atom. The van der Waals surface area contributed by atoms with Gasteiger partial charge >= 0.3 is 0 Å². The smallest absolute Gasteiger partial charge is 0.293 e. The summed E-state index contributed by atoms with van der Waals surface area (Å²) in [6.07, 6.45) is 1.65. The van der Waals surface area contributed by atoms with Gasteiger partial charge in [-0.25, -0.2) is 0 Å². The highest BCUT2D eigenvalue weighted by molar-refractivity contribution is 9.10. The minimum atomic E-state index is -0.414. The number of carbonyl (C=O) groups excluding carboxylic acids is 2. The number of carbonyl (C=O) groups is 2. The van der Waals surface area contributed by atoms with Gasteiger partial charge in [0.2, 0.25) is 0 Å². The molecule has 0 radical (unpaired) electrons. The lowest BCUT2D eigenvalue weighted by atomic mass is 10.1. The van der Waals surface area contributed by atoms with Crippen LogP contribution in [0, 0.1) is 0 Å². The molecule has 0 atom stereocenters. The third-order valence-corrected chi connectivity index (χ3v) is 8.26. The maximum atomic E-state index is 13.1. The Morgan fingerprint density at radius 2 is 1.68 bits per heavy atom. The fourth-order valence-corrected chi connectivity index (χ4v) is 6.09. The first-order chi connectivity index (χ1) is 18.4. The molecule has 4 aromatic rings. The number of amides is 2. The summed E-state index contributed by atoms with van der Waals surface area (Å²) in [4.78, 5) is 27.2. The summed E-state index contributed by atoms with van der Waals surface area (Å²) in [7, 11) is 1.55. The topological polar surface area (TPSA) is 55.8 Å². The lowest BCUT2D eigenvalue weighted by Gasteiger charge is -2.15. The molecule has 0 aromatic heterocycles. The molecule has 4 aromatic carbocycles. The molecule has 0 unspecified atom stereocenters. The van der Waals surface area contributed by atoms with Crippen LogP contribution in [0.15, 0.2) is 82.2 Å². The molecular weight excluding hydrogens is 609 g/mol. The van der Waals surface area contributed by atoms with Crippen molar-refractivity contribution in [3.05, 3.63) is 109 Å². The third-order valence-electron chi connectivity index (χ3n) is 6.05. The van der Waals surface area contributed by atoms with Crippen molar-refractivity contribution in [3.63, 3.8) is 0 Å². The number of rotatable bonds is 7. The molecule has 1 aliphatic rings. The van der Waals surface area contributed by atoms with Gasteiger partial charge in [-0.15, -0.1) is 0 Å². The molecule has 1 saturated heterocycles. The van der Waals surface area contributed by atoms with Gasteiger partial charge < -0.3 is 9.47 Å². The van der Waals surface area contributed by atoms with Crippen LogP contribution in [0.5, 0.6) is 11.5 Å². The van der Waals surface area contributed by atoms with Crippen molar-refractivity contribution in [3.8, 4) is 11.5 Å². The highest BCUT2D eigenvalue weighted by atomic mass is 79.9. The van der Waals surface area contributed by atoms with Gasteiger partial charge in [0.1, 0.15) is 6.61 Å². The van der Waals surface area contributed by atoms with E-state index in [4.69, 9.17) is 32.7 Å². The zero-order valence-corrected chi connectivity index (χ0v) is 24.0. The molecule has 1 heterocycles. The number of methoxy groups -OCH3 is 1. The Kier molecular flexibility index (Phi) is 8.00. The summed E-state index contributed by atoms with van der Waals surface area (Å²) in [6, 6.07) is 22.9. The molecule has 38 heavy (non-hydrogen) atoms. The Hall–Kier alpha value is -2.97. The number of ether oxygens (including phenoxy) is 2. The lowest BCUT2D eigenvalue weighted by Crippen LogP contribution is -2.27. The van der Waals surface area contributed by atoms with E-state index in [1.165, 1.54) is 0 Å². The van der Waals surface area contributed by atoms with E-state index < -0.39 is 11.1 Å². The maximum absolute atomic E-state index is 13.1. The van der Waals surface area contributed by atoms with E-state index in [0.29, 0.717) is 43.8 Å². The maximum Gasteiger partial charge on any atom is 0.293 e. The number of nitrogens with zero attached hydrogens (tertiary/aromatic N) is 1.